The lowest BCUT2D eigenvalue weighted by Gasteiger charge is -2.23. The van der Waals surface area contributed by atoms with Crippen molar-refractivity contribution in [1.29, 1.82) is 0 Å². The molecule has 3 heterocycles. The Morgan fingerprint density at radius 2 is 2.07 bits per heavy atom. The van der Waals surface area contributed by atoms with Crippen LogP contribution in [0, 0.1) is 5.82 Å². The third-order valence-corrected chi connectivity index (χ3v) is 5.51. The van der Waals surface area contributed by atoms with Crippen LogP contribution in [0.4, 0.5) is 4.39 Å². The summed E-state index contributed by atoms with van der Waals surface area (Å²) in [6, 6.07) is 6.29. The van der Waals surface area contributed by atoms with Gasteiger partial charge in [0.2, 0.25) is 0 Å². The van der Waals surface area contributed by atoms with Crippen molar-refractivity contribution < 1.29 is 14.3 Å². The minimum Gasteiger partial charge on any atom is -0.381 e. The van der Waals surface area contributed by atoms with Crippen LogP contribution in [-0.2, 0) is 25.2 Å². The van der Waals surface area contributed by atoms with Crippen LogP contribution in [0.1, 0.15) is 46.6 Å². The third-order valence-electron chi connectivity index (χ3n) is 5.29. The van der Waals surface area contributed by atoms with Gasteiger partial charge in [0.1, 0.15) is 11.4 Å². The second-order valence-corrected chi connectivity index (χ2v) is 7.71. The molecule has 0 saturated carbocycles. The van der Waals surface area contributed by atoms with Crippen molar-refractivity contribution in [3.8, 4) is 0 Å². The lowest BCUT2D eigenvalue weighted by Crippen LogP contribution is -2.24. The summed E-state index contributed by atoms with van der Waals surface area (Å²) in [7, 11) is 0. The maximum absolute atomic E-state index is 14.9. The van der Waals surface area contributed by atoms with E-state index in [2.05, 4.69) is 10.1 Å². The maximum Gasteiger partial charge on any atom is 0.254 e. The Hall–Kier alpha value is -2.77. The van der Waals surface area contributed by atoms with E-state index in [1.807, 2.05) is 6.92 Å². The van der Waals surface area contributed by atoms with E-state index < -0.39 is 11.4 Å². The van der Waals surface area contributed by atoms with Crippen LogP contribution in [0.15, 0.2) is 42.9 Å². The van der Waals surface area contributed by atoms with Crippen LogP contribution >= 0.6 is 11.6 Å². The second-order valence-electron chi connectivity index (χ2n) is 7.27. The maximum atomic E-state index is 14.9. The lowest BCUT2D eigenvalue weighted by atomic mass is 9.88. The summed E-state index contributed by atoms with van der Waals surface area (Å²) in [4.78, 5) is 18.6. The number of aliphatic hydroxyl groups is 1. The summed E-state index contributed by atoms with van der Waals surface area (Å²) in [6.07, 6.45) is 4.78. The van der Waals surface area contributed by atoms with Gasteiger partial charge in [-0.3, -0.25) is 14.5 Å². The molecule has 4 rings (SSSR count). The molecule has 6 nitrogen and oxygen atoms in total. The minimum absolute atomic E-state index is 0.153. The molecule has 1 N–H and O–H groups in total. The number of rotatable bonds is 5. The van der Waals surface area contributed by atoms with Crippen LogP contribution in [-0.4, -0.2) is 30.7 Å². The van der Waals surface area contributed by atoms with Crippen molar-refractivity contribution in [3.63, 3.8) is 0 Å². The molecule has 0 saturated heterocycles. The van der Waals surface area contributed by atoms with Gasteiger partial charge in [-0.15, -0.1) is 0 Å². The van der Waals surface area contributed by atoms with Crippen LogP contribution in [0.2, 0.25) is 5.02 Å². The molecule has 1 atom stereocenters. The Bertz CT molecular complexity index is 1080. The first-order valence-corrected chi connectivity index (χ1v) is 9.65. The number of halogens is 2. The summed E-state index contributed by atoms with van der Waals surface area (Å²) in [5.74, 6) is -0.807. The van der Waals surface area contributed by atoms with Gasteiger partial charge in [0.05, 0.1) is 30.0 Å². The van der Waals surface area contributed by atoms with E-state index in [4.69, 9.17) is 11.6 Å². The predicted molar refractivity (Wildman–Crippen MR) is 106 cm³/mol. The molecule has 150 valence electrons. The van der Waals surface area contributed by atoms with E-state index in [0.717, 1.165) is 0 Å². The molecule has 1 aromatic carbocycles. The number of hydrogen-bond donors (Lipinski definition) is 1. The summed E-state index contributed by atoms with van der Waals surface area (Å²) in [5.41, 5.74) is 0.616. The molecular weight excluding hydrogens is 395 g/mol. The standard InChI is InChI=1S/C21H20ClFN4O2/c1-3-27-10-14(8-25-27)21(2,29)13-6-17-18(19(23)7-13)12-26(20(17)28)11-16-5-4-15(22)9-24-16/h4-10,29H,3,11-12H2,1-2H3. The largest absolute Gasteiger partial charge is 0.381 e. The number of hydrogen-bond acceptors (Lipinski definition) is 4. The first kappa shape index (κ1) is 19.5. The molecule has 3 aromatic rings. The second kappa shape index (κ2) is 7.24. The van der Waals surface area contributed by atoms with Gasteiger partial charge in [0.25, 0.3) is 5.91 Å². The van der Waals surface area contributed by atoms with Crippen molar-refractivity contribution in [2.75, 3.05) is 0 Å². The molecule has 1 aliphatic rings. The van der Waals surface area contributed by atoms with E-state index in [1.165, 1.54) is 17.2 Å². The highest BCUT2D eigenvalue weighted by molar-refractivity contribution is 6.30. The summed E-state index contributed by atoms with van der Waals surface area (Å²) in [6.45, 7) is 4.56. The highest BCUT2D eigenvalue weighted by atomic mass is 35.5. The molecule has 0 aliphatic carbocycles. The van der Waals surface area contributed by atoms with Crippen LogP contribution in [0.25, 0.3) is 0 Å². The zero-order valence-corrected chi connectivity index (χ0v) is 16.8. The molecule has 8 heteroatoms. The fourth-order valence-electron chi connectivity index (χ4n) is 3.48. The van der Waals surface area contributed by atoms with Gasteiger partial charge in [0, 0.05) is 35.6 Å². The zero-order chi connectivity index (χ0) is 20.8. The number of carbonyl (C=O) groups is 1. The molecule has 1 aliphatic heterocycles. The quantitative estimate of drug-likeness (QED) is 0.693. The van der Waals surface area contributed by atoms with Crippen LogP contribution in [0.3, 0.4) is 0 Å². The van der Waals surface area contributed by atoms with Gasteiger partial charge >= 0.3 is 0 Å². The Labute approximate surface area is 172 Å². The first-order valence-electron chi connectivity index (χ1n) is 9.27. The van der Waals surface area contributed by atoms with Gasteiger partial charge in [-0.05, 0) is 43.7 Å². The van der Waals surface area contributed by atoms with E-state index in [1.54, 1.807) is 42.2 Å². The minimum atomic E-state index is -1.48. The third kappa shape index (κ3) is 3.52. The summed E-state index contributed by atoms with van der Waals surface area (Å²) < 4.78 is 16.5. The van der Waals surface area contributed by atoms with Gasteiger partial charge in [-0.25, -0.2) is 4.39 Å². The Kier molecular flexibility index (Phi) is 4.88. The van der Waals surface area contributed by atoms with E-state index in [0.29, 0.717) is 34.0 Å². The average molecular weight is 415 g/mol. The topological polar surface area (TPSA) is 71.2 Å². The van der Waals surface area contributed by atoms with E-state index >= 15 is 0 Å². The Balaban J connectivity index is 1.65. The molecule has 2 aromatic heterocycles. The molecule has 0 bridgehead atoms. The van der Waals surface area contributed by atoms with Gasteiger partial charge in [-0.1, -0.05) is 11.6 Å². The monoisotopic (exact) mass is 414 g/mol. The number of pyridine rings is 1. The van der Waals surface area contributed by atoms with Crippen LogP contribution < -0.4 is 0 Å². The van der Waals surface area contributed by atoms with E-state index in [-0.39, 0.29) is 24.6 Å². The Morgan fingerprint density at radius 3 is 2.72 bits per heavy atom. The number of carbonyl (C=O) groups excluding carboxylic acids is 1. The predicted octanol–water partition coefficient (Wildman–Crippen LogP) is 3.50. The fourth-order valence-corrected chi connectivity index (χ4v) is 3.59. The molecule has 1 amide bonds. The summed E-state index contributed by atoms with van der Waals surface area (Å²) >= 11 is 5.85. The molecule has 29 heavy (non-hydrogen) atoms. The number of nitrogens with zero attached hydrogens (tertiary/aromatic N) is 4. The molecule has 0 fully saturated rings. The highest BCUT2D eigenvalue weighted by Gasteiger charge is 2.35. The highest BCUT2D eigenvalue weighted by Crippen LogP contribution is 2.34. The van der Waals surface area contributed by atoms with Crippen molar-refractivity contribution in [1.82, 2.24) is 19.7 Å². The van der Waals surface area contributed by atoms with Crippen molar-refractivity contribution >= 4 is 17.5 Å². The molecule has 0 radical (unpaired) electrons. The molecule has 0 spiro atoms. The van der Waals surface area contributed by atoms with Crippen molar-refractivity contribution in [2.24, 2.45) is 0 Å². The van der Waals surface area contributed by atoms with Gasteiger partial charge in [-0.2, -0.15) is 5.10 Å². The lowest BCUT2D eigenvalue weighted by molar-refractivity contribution is 0.0764. The van der Waals surface area contributed by atoms with Crippen molar-refractivity contribution in [3.05, 3.63) is 81.6 Å². The van der Waals surface area contributed by atoms with E-state index in [9.17, 15) is 14.3 Å². The number of aryl methyl sites for hydroxylation is 1. The number of amides is 1. The number of benzene rings is 1. The van der Waals surface area contributed by atoms with Gasteiger partial charge < -0.3 is 10.0 Å². The zero-order valence-electron chi connectivity index (χ0n) is 16.1. The van der Waals surface area contributed by atoms with Crippen LogP contribution in [0.5, 0.6) is 0 Å². The van der Waals surface area contributed by atoms with Crippen molar-refractivity contribution in [2.45, 2.75) is 39.1 Å². The average Bonchev–Trinajstić information content (AvgIpc) is 3.30. The summed E-state index contributed by atoms with van der Waals surface area (Å²) in [5, 5.41) is 15.7. The molecular formula is C21H20ClFN4O2. The fraction of sp³-hybridized carbons (Fsp3) is 0.286. The smallest absolute Gasteiger partial charge is 0.254 e. The first-order chi connectivity index (χ1) is 13.8. The van der Waals surface area contributed by atoms with Gasteiger partial charge in [0.15, 0.2) is 0 Å². The normalized spacial score (nSPS) is 15.5. The Morgan fingerprint density at radius 1 is 1.28 bits per heavy atom. The molecule has 1 unspecified atom stereocenters. The number of aromatic nitrogens is 3. The SMILES string of the molecule is CCn1cc(C(C)(O)c2cc(F)c3c(c2)C(=O)N(Cc2ccc(Cl)cn2)C3)cn1. The number of fused-ring (bicyclic) bond motifs is 1.